The zero-order valence-corrected chi connectivity index (χ0v) is 16.1. The van der Waals surface area contributed by atoms with Crippen LogP contribution in [0.2, 0.25) is 0 Å². The van der Waals surface area contributed by atoms with Crippen LogP contribution in [0.1, 0.15) is 24.0 Å². The van der Waals surface area contributed by atoms with Crippen LogP contribution < -0.4 is 11.2 Å². The maximum absolute atomic E-state index is 13.0. The van der Waals surface area contributed by atoms with Crippen LogP contribution in [0.5, 0.6) is 0 Å². The highest BCUT2D eigenvalue weighted by Crippen LogP contribution is 2.40. The summed E-state index contributed by atoms with van der Waals surface area (Å²) in [7, 11) is 0. The van der Waals surface area contributed by atoms with Crippen molar-refractivity contribution in [3.63, 3.8) is 0 Å². The van der Waals surface area contributed by atoms with Gasteiger partial charge in [-0.1, -0.05) is 60.7 Å². The number of hydrogen-bond donors (Lipinski definition) is 1. The number of amides is 1. The van der Waals surface area contributed by atoms with Gasteiger partial charge in [-0.05, 0) is 24.0 Å². The summed E-state index contributed by atoms with van der Waals surface area (Å²) in [6, 6.07) is 21.8. The van der Waals surface area contributed by atoms with E-state index in [9.17, 15) is 14.4 Å². The first-order valence-corrected chi connectivity index (χ1v) is 9.77. The molecule has 6 heteroatoms. The number of carbonyl (C=O) groups is 1. The molecule has 29 heavy (non-hydrogen) atoms. The third-order valence-corrected chi connectivity index (χ3v) is 5.70. The quantitative estimate of drug-likeness (QED) is 0.743. The normalized spacial score (nSPS) is 15.8. The molecule has 3 aromatic rings. The lowest BCUT2D eigenvalue weighted by molar-refractivity contribution is -0.133. The smallest absolute Gasteiger partial charge is 0.328 e. The molecule has 6 nitrogen and oxygen atoms in total. The second-order valence-electron chi connectivity index (χ2n) is 7.47. The SMILES string of the molecule is O=C(Cn1ccc(=O)[nH]c1=O)N1CCCC(c2ccccc2)(c2ccccc2)C1. The van der Waals surface area contributed by atoms with Gasteiger partial charge in [-0.15, -0.1) is 0 Å². The average Bonchev–Trinajstić information content (AvgIpc) is 2.77. The monoisotopic (exact) mass is 389 g/mol. The van der Waals surface area contributed by atoms with Crippen LogP contribution >= 0.6 is 0 Å². The van der Waals surface area contributed by atoms with Crippen LogP contribution in [0, 0.1) is 0 Å². The highest BCUT2D eigenvalue weighted by molar-refractivity contribution is 5.76. The number of rotatable bonds is 4. The maximum Gasteiger partial charge on any atom is 0.328 e. The molecule has 0 saturated carbocycles. The van der Waals surface area contributed by atoms with Crippen molar-refractivity contribution in [3.05, 3.63) is 105 Å². The number of H-pyrrole nitrogens is 1. The fourth-order valence-electron chi connectivity index (χ4n) is 4.24. The first kappa shape index (κ1) is 18.9. The van der Waals surface area contributed by atoms with Crippen molar-refractivity contribution in [1.29, 1.82) is 0 Å². The van der Waals surface area contributed by atoms with E-state index < -0.39 is 11.2 Å². The standard InChI is InChI=1S/C23H23N3O3/c27-20-12-15-25(22(29)24-20)16-21(28)26-14-7-13-23(17-26,18-8-3-1-4-9-18)19-10-5-2-6-11-19/h1-6,8-12,15H,7,13-14,16-17H2,(H,24,27,29). The molecule has 1 amide bonds. The number of nitrogens with one attached hydrogen (secondary N) is 1. The van der Waals surface area contributed by atoms with Gasteiger partial charge in [-0.2, -0.15) is 0 Å². The minimum atomic E-state index is -0.569. The molecule has 1 aromatic heterocycles. The lowest BCUT2D eigenvalue weighted by atomic mass is 9.69. The molecular weight excluding hydrogens is 366 g/mol. The molecule has 0 bridgehead atoms. The Hall–Kier alpha value is -3.41. The number of piperidine rings is 1. The molecule has 1 N–H and O–H groups in total. The van der Waals surface area contributed by atoms with Gasteiger partial charge in [-0.3, -0.25) is 19.1 Å². The molecule has 2 heterocycles. The summed E-state index contributed by atoms with van der Waals surface area (Å²) < 4.78 is 1.24. The number of aromatic amines is 1. The molecule has 0 aliphatic carbocycles. The zero-order chi connectivity index (χ0) is 20.3. The second kappa shape index (κ2) is 7.91. The van der Waals surface area contributed by atoms with E-state index in [-0.39, 0.29) is 17.9 Å². The Bertz CT molecular complexity index is 1060. The molecule has 0 spiro atoms. The third kappa shape index (κ3) is 3.78. The van der Waals surface area contributed by atoms with Crippen LogP contribution in [-0.2, 0) is 16.8 Å². The number of benzene rings is 2. The van der Waals surface area contributed by atoms with Crippen LogP contribution in [0.3, 0.4) is 0 Å². The van der Waals surface area contributed by atoms with Gasteiger partial charge in [0.2, 0.25) is 5.91 Å². The fourth-order valence-corrected chi connectivity index (χ4v) is 4.24. The first-order valence-electron chi connectivity index (χ1n) is 9.77. The minimum Gasteiger partial charge on any atom is -0.340 e. The van der Waals surface area contributed by atoms with Gasteiger partial charge in [-0.25, -0.2) is 4.79 Å². The van der Waals surface area contributed by atoms with E-state index in [1.165, 1.54) is 28.0 Å². The summed E-state index contributed by atoms with van der Waals surface area (Å²) in [6.45, 7) is 1.12. The predicted molar refractivity (Wildman–Crippen MR) is 111 cm³/mol. The molecule has 148 valence electrons. The van der Waals surface area contributed by atoms with E-state index in [1.807, 2.05) is 41.3 Å². The highest BCUT2D eigenvalue weighted by Gasteiger charge is 2.40. The Balaban J connectivity index is 1.66. The summed E-state index contributed by atoms with van der Waals surface area (Å²) in [5.74, 6) is -0.130. The van der Waals surface area contributed by atoms with Gasteiger partial charge >= 0.3 is 5.69 Å². The third-order valence-electron chi connectivity index (χ3n) is 5.70. The summed E-state index contributed by atoms with van der Waals surface area (Å²) in [5, 5.41) is 0. The van der Waals surface area contributed by atoms with E-state index >= 15 is 0 Å². The summed E-state index contributed by atoms with van der Waals surface area (Å²) >= 11 is 0. The van der Waals surface area contributed by atoms with Gasteiger partial charge in [0.1, 0.15) is 6.54 Å². The molecule has 1 aliphatic rings. The number of aromatic nitrogens is 2. The van der Waals surface area contributed by atoms with Gasteiger partial charge in [0.15, 0.2) is 0 Å². The molecule has 1 fully saturated rings. The second-order valence-corrected chi connectivity index (χ2v) is 7.47. The van der Waals surface area contributed by atoms with E-state index in [0.29, 0.717) is 13.1 Å². The Morgan fingerprint density at radius 2 is 1.55 bits per heavy atom. The number of likely N-dealkylation sites (tertiary alicyclic amines) is 1. The molecule has 2 aromatic carbocycles. The van der Waals surface area contributed by atoms with Crippen LogP contribution in [-0.4, -0.2) is 33.4 Å². The van der Waals surface area contributed by atoms with E-state index in [0.717, 1.165) is 12.8 Å². The van der Waals surface area contributed by atoms with Crippen molar-refractivity contribution in [2.24, 2.45) is 0 Å². The van der Waals surface area contributed by atoms with Gasteiger partial charge < -0.3 is 4.90 Å². The number of hydrogen-bond acceptors (Lipinski definition) is 3. The Morgan fingerprint density at radius 1 is 0.931 bits per heavy atom. The Morgan fingerprint density at radius 3 is 2.14 bits per heavy atom. The first-order chi connectivity index (χ1) is 14.1. The molecule has 0 unspecified atom stereocenters. The van der Waals surface area contributed by atoms with E-state index in [1.54, 1.807) is 0 Å². The van der Waals surface area contributed by atoms with Crippen molar-refractivity contribution in [2.45, 2.75) is 24.8 Å². The van der Waals surface area contributed by atoms with Gasteiger partial charge in [0, 0.05) is 30.8 Å². The average molecular weight is 389 g/mol. The van der Waals surface area contributed by atoms with Crippen molar-refractivity contribution in [3.8, 4) is 0 Å². The van der Waals surface area contributed by atoms with Crippen molar-refractivity contribution in [1.82, 2.24) is 14.5 Å². The molecular formula is C23H23N3O3. The molecule has 1 saturated heterocycles. The van der Waals surface area contributed by atoms with Gasteiger partial charge in [0.05, 0.1) is 0 Å². The Labute approximate surface area is 168 Å². The predicted octanol–water partition coefficient (Wildman–Crippen LogP) is 2.15. The zero-order valence-electron chi connectivity index (χ0n) is 16.1. The summed E-state index contributed by atoms with van der Waals surface area (Å²) in [5.41, 5.74) is 1.05. The summed E-state index contributed by atoms with van der Waals surface area (Å²) in [6.07, 6.45) is 3.18. The number of carbonyl (C=O) groups excluding carboxylic acids is 1. The lowest BCUT2D eigenvalue weighted by Gasteiger charge is -2.44. The lowest BCUT2D eigenvalue weighted by Crippen LogP contribution is -2.50. The fraction of sp³-hybridized carbons (Fsp3) is 0.261. The summed E-state index contributed by atoms with van der Waals surface area (Å²) in [4.78, 5) is 40.3. The maximum atomic E-state index is 13.0. The van der Waals surface area contributed by atoms with E-state index in [4.69, 9.17) is 0 Å². The molecule has 1 aliphatic heterocycles. The van der Waals surface area contributed by atoms with E-state index in [2.05, 4.69) is 29.2 Å². The molecule has 0 radical (unpaired) electrons. The van der Waals surface area contributed by atoms with Crippen LogP contribution in [0.25, 0.3) is 0 Å². The van der Waals surface area contributed by atoms with Crippen molar-refractivity contribution < 1.29 is 4.79 Å². The Kier molecular flexibility index (Phi) is 5.16. The molecule has 0 atom stereocenters. The van der Waals surface area contributed by atoms with Gasteiger partial charge in [0.25, 0.3) is 5.56 Å². The van der Waals surface area contributed by atoms with Crippen LogP contribution in [0.4, 0.5) is 0 Å². The topological polar surface area (TPSA) is 75.2 Å². The minimum absolute atomic E-state index is 0.0880. The van der Waals surface area contributed by atoms with Crippen LogP contribution in [0.15, 0.2) is 82.5 Å². The highest BCUT2D eigenvalue weighted by atomic mass is 16.2. The van der Waals surface area contributed by atoms with Crippen molar-refractivity contribution in [2.75, 3.05) is 13.1 Å². The largest absolute Gasteiger partial charge is 0.340 e. The van der Waals surface area contributed by atoms with Crippen molar-refractivity contribution >= 4 is 5.91 Å². The number of nitrogens with zero attached hydrogens (tertiary/aromatic N) is 2. The molecule has 4 rings (SSSR count).